The first-order chi connectivity index (χ1) is 12.5. The van der Waals surface area contributed by atoms with Crippen molar-refractivity contribution in [2.75, 3.05) is 18.1 Å². The highest BCUT2D eigenvalue weighted by molar-refractivity contribution is 5.58. The summed E-state index contributed by atoms with van der Waals surface area (Å²) in [4.78, 5) is 22.0. The van der Waals surface area contributed by atoms with E-state index in [0.29, 0.717) is 25.7 Å². The van der Waals surface area contributed by atoms with Crippen molar-refractivity contribution >= 4 is 11.6 Å². The standard InChI is InChI=1S/C20H27FN4O/c1-4-6-7-12-23-13-24(17-10-8-16(21)9-11-17)20-22-15(3)18(5-2)19(26)25(20)14-23/h8-11H,4-7,12-14H2,1-3H3. The number of fused-ring (bicyclic) bond motifs is 1. The molecular weight excluding hydrogens is 331 g/mol. The number of halogens is 1. The van der Waals surface area contributed by atoms with Gasteiger partial charge in [0.05, 0.1) is 13.3 Å². The summed E-state index contributed by atoms with van der Waals surface area (Å²) in [5, 5.41) is 0. The first kappa shape index (κ1) is 18.6. The van der Waals surface area contributed by atoms with Crippen molar-refractivity contribution in [3.8, 4) is 0 Å². The molecule has 0 amide bonds. The summed E-state index contributed by atoms with van der Waals surface area (Å²) in [6.45, 7) is 8.17. The Morgan fingerprint density at radius 1 is 1.12 bits per heavy atom. The molecule has 1 aromatic heterocycles. The third-order valence-electron chi connectivity index (χ3n) is 4.94. The fourth-order valence-electron chi connectivity index (χ4n) is 3.48. The molecule has 1 aliphatic heterocycles. The summed E-state index contributed by atoms with van der Waals surface area (Å²) in [5.74, 6) is 0.372. The monoisotopic (exact) mass is 358 g/mol. The minimum absolute atomic E-state index is 0.0299. The molecule has 0 unspecified atom stereocenters. The fraction of sp³-hybridized carbons (Fsp3) is 0.500. The van der Waals surface area contributed by atoms with Crippen LogP contribution in [0.2, 0.25) is 0 Å². The highest BCUT2D eigenvalue weighted by Crippen LogP contribution is 2.28. The Balaban J connectivity index is 2.03. The third-order valence-corrected chi connectivity index (χ3v) is 4.94. The number of hydrogen-bond acceptors (Lipinski definition) is 4. The lowest BCUT2D eigenvalue weighted by Crippen LogP contribution is -2.48. The average Bonchev–Trinajstić information content (AvgIpc) is 2.63. The van der Waals surface area contributed by atoms with Crippen LogP contribution < -0.4 is 10.5 Å². The van der Waals surface area contributed by atoms with Crippen LogP contribution in [0.5, 0.6) is 0 Å². The average molecular weight is 358 g/mol. The van der Waals surface area contributed by atoms with E-state index < -0.39 is 0 Å². The Labute approximate surface area is 154 Å². The van der Waals surface area contributed by atoms with E-state index in [1.807, 2.05) is 18.7 Å². The summed E-state index contributed by atoms with van der Waals surface area (Å²) in [7, 11) is 0. The molecule has 1 aromatic carbocycles. The lowest BCUT2D eigenvalue weighted by atomic mass is 10.2. The molecule has 0 radical (unpaired) electrons. The molecular formula is C20H27FN4O. The number of benzene rings is 1. The minimum Gasteiger partial charge on any atom is -0.298 e. The van der Waals surface area contributed by atoms with Crippen LogP contribution in [0, 0.1) is 12.7 Å². The molecule has 0 saturated carbocycles. The van der Waals surface area contributed by atoms with Gasteiger partial charge < -0.3 is 0 Å². The van der Waals surface area contributed by atoms with Gasteiger partial charge in [0, 0.05) is 23.5 Å². The molecule has 1 aliphatic rings. The topological polar surface area (TPSA) is 41.4 Å². The third kappa shape index (κ3) is 3.65. The van der Waals surface area contributed by atoms with Crippen molar-refractivity contribution in [1.82, 2.24) is 14.5 Å². The predicted molar refractivity (Wildman–Crippen MR) is 102 cm³/mol. The molecule has 0 saturated heterocycles. The zero-order chi connectivity index (χ0) is 18.7. The van der Waals surface area contributed by atoms with Crippen LogP contribution in [0.15, 0.2) is 29.1 Å². The normalized spacial score (nSPS) is 14.5. The molecule has 5 nitrogen and oxygen atoms in total. The number of nitrogens with zero attached hydrogens (tertiary/aromatic N) is 4. The second kappa shape index (κ2) is 7.99. The first-order valence-electron chi connectivity index (χ1n) is 9.41. The van der Waals surface area contributed by atoms with Crippen molar-refractivity contribution < 1.29 is 4.39 Å². The van der Waals surface area contributed by atoms with Gasteiger partial charge in [-0.1, -0.05) is 26.7 Å². The zero-order valence-electron chi connectivity index (χ0n) is 15.8. The Kier molecular flexibility index (Phi) is 5.71. The summed E-state index contributed by atoms with van der Waals surface area (Å²) in [5.41, 5.74) is 2.41. The first-order valence-corrected chi connectivity index (χ1v) is 9.41. The van der Waals surface area contributed by atoms with Gasteiger partial charge in [0.15, 0.2) is 0 Å². The van der Waals surface area contributed by atoms with E-state index in [1.165, 1.54) is 18.6 Å². The number of aryl methyl sites for hydroxylation is 1. The van der Waals surface area contributed by atoms with Crippen LogP contribution in [0.25, 0.3) is 0 Å². The quantitative estimate of drug-likeness (QED) is 0.737. The van der Waals surface area contributed by atoms with Gasteiger partial charge in [-0.2, -0.15) is 0 Å². The molecule has 0 spiro atoms. The second-order valence-electron chi connectivity index (χ2n) is 6.85. The predicted octanol–water partition coefficient (Wildman–Crippen LogP) is 3.81. The molecule has 0 aliphatic carbocycles. The maximum atomic E-state index is 13.4. The van der Waals surface area contributed by atoms with Crippen molar-refractivity contribution in [3.63, 3.8) is 0 Å². The fourth-order valence-corrected chi connectivity index (χ4v) is 3.48. The van der Waals surface area contributed by atoms with Crippen molar-refractivity contribution in [1.29, 1.82) is 0 Å². The van der Waals surface area contributed by atoms with E-state index >= 15 is 0 Å². The molecule has 2 aromatic rings. The van der Waals surface area contributed by atoms with Gasteiger partial charge in [-0.05, 0) is 44.0 Å². The molecule has 6 heteroatoms. The highest BCUT2D eigenvalue weighted by atomic mass is 19.1. The number of anilines is 2. The zero-order valence-corrected chi connectivity index (χ0v) is 15.8. The van der Waals surface area contributed by atoms with Crippen LogP contribution in [0.3, 0.4) is 0 Å². The van der Waals surface area contributed by atoms with Gasteiger partial charge >= 0.3 is 0 Å². The number of rotatable bonds is 6. The molecule has 2 heterocycles. The molecule has 0 fully saturated rings. The van der Waals surface area contributed by atoms with Crippen molar-refractivity contribution in [2.45, 2.75) is 53.1 Å². The van der Waals surface area contributed by atoms with Gasteiger partial charge in [-0.15, -0.1) is 0 Å². The maximum absolute atomic E-state index is 13.4. The summed E-state index contributed by atoms with van der Waals surface area (Å²) in [6, 6.07) is 6.37. The highest BCUT2D eigenvalue weighted by Gasteiger charge is 2.27. The van der Waals surface area contributed by atoms with Crippen LogP contribution in [-0.2, 0) is 13.1 Å². The number of aromatic nitrogens is 2. The summed E-state index contributed by atoms with van der Waals surface area (Å²) < 4.78 is 15.1. The Morgan fingerprint density at radius 3 is 2.50 bits per heavy atom. The van der Waals surface area contributed by atoms with Gasteiger partial charge in [0.25, 0.3) is 5.56 Å². The Morgan fingerprint density at radius 2 is 1.85 bits per heavy atom. The lowest BCUT2D eigenvalue weighted by Gasteiger charge is -2.38. The molecule has 140 valence electrons. The van der Waals surface area contributed by atoms with E-state index in [1.54, 1.807) is 16.7 Å². The van der Waals surface area contributed by atoms with Crippen LogP contribution in [0.4, 0.5) is 16.0 Å². The van der Waals surface area contributed by atoms with Crippen LogP contribution >= 0.6 is 0 Å². The molecule has 0 atom stereocenters. The summed E-state index contributed by atoms with van der Waals surface area (Å²) >= 11 is 0. The van der Waals surface area contributed by atoms with E-state index in [4.69, 9.17) is 4.98 Å². The Bertz CT molecular complexity index is 816. The van der Waals surface area contributed by atoms with E-state index in [2.05, 4.69) is 11.8 Å². The van der Waals surface area contributed by atoms with Gasteiger partial charge in [-0.25, -0.2) is 9.37 Å². The second-order valence-corrected chi connectivity index (χ2v) is 6.85. The molecule has 0 N–H and O–H groups in total. The Hall–Kier alpha value is -2.21. The molecule has 26 heavy (non-hydrogen) atoms. The van der Waals surface area contributed by atoms with Gasteiger partial charge in [0.1, 0.15) is 5.82 Å². The minimum atomic E-state index is -0.270. The van der Waals surface area contributed by atoms with E-state index in [9.17, 15) is 9.18 Å². The lowest BCUT2D eigenvalue weighted by molar-refractivity contribution is 0.194. The maximum Gasteiger partial charge on any atom is 0.259 e. The van der Waals surface area contributed by atoms with Crippen LogP contribution in [0.1, 0.15) is 44.4 Å². The van der Waals surface area contributed by atoms with Crippen LogP contribution in [-0.4, -0.2) is 27.7 Å². The van der Waals surface area contributed by atoms with Crippen molar-refractivity contribution in [3.05, 3.63) is 51.7 Å². The van der Waals surface area contributed by atoms with E-state index in [0.717, 1.165) is 36.3 Å². The number of unbranched alkanes of at least 4 members (excludes halogenated alkanes) is 2. The van der Waals surface area contributed by atoms with Crippen molar-refractivity contribution in [2.24, 2.45) is 0 Å². The molecule has 0 bridgehead atoms. The SMILES string of the molecule is CCCCCN1CN(c2ccc(F)cc2)c2nc(C)c(CC)c(=O)n2C1. The summed E-state index contributed by atoms with van der Waals surface area (Å²) in [6.07, 6.45) is 4.09. The smallest absolute Gasteiger partial charge is 0.259 e. The largest absolute Gasteiger partial charge is 0.298 e. The van der Waals surface area contributed by atoms with E-state index in [-0.39, 0.29) is 11.4 Å². The molecule has 3 rings (SSSR count). The number of hydrogen-bond donors (Lipinski definition) is 0. The van der Waals surface area contributed by atoms with Gasteiger partial charge in [-0.3, -0.25) is 19.2 Å². The van der Waals surface area contributed by atoms with Gasteiger partial charge in [0.2, 0.25) is 5.95 Å².